The van der Waals surface area contributed by atoms with Crippen LogP contribution in [-0.2, 0) is 9.53 Å². The zero-order valence-corrected chi connectivity index (χ0v) is 13.4. The van der Waals surface area contributed by atoms with Gasteiger partial charge in [-0.1, -0.05) is 19.9 Å². The molecule has 0 spiro atoms. The predicted octanol–water partition coefficient (Wildman–Crippen LogP) is 3.78. The van der Waals surface area contributed by atoms with Crippen LogP contribution in [0.5, 0.6) is 0 Å². The fraction of sp³-hybridized carbons (Fsp3) is 0.824. The van der Waals surface area contributed by atoms with Crippen molar-refractivity contribution in [2.24, 2.45) is 5.92 Å². The van der Waals surface area contributed by atoms with Crippen LogP contribution in [0.3, 0.4) is 0 Å². The monoisotopic (exact) mass is 281 g/mol. The molecule has 0 radical (unpaired) electrons. The number of carbonyl (C=O) groups is 1. The number of nitrogens with zero attached hydrogens (tertiary/aromatic N) is 1. The summed E-state index contributed by atoms with van der Waals surface area (Å²) in [4.78, 5) is 14.6. The molecule has 0 aromatic heterocycles. The first-order chi connectivity index (χ1) is 9.56. The molecule has 1 saturated heterocycles. The Kier molecular flexibility index (Phi) is 7.90. The van der Waals surface area contributed by atoms with Gasteiger partial charge in [0.15, 0.2) is 0 Å². The summed E-state index contributed by atoms with van der Waals surface area (Å²) in [5.74, 6) is 0.683. The molecule has 0 aliphatic carbocycles. The molecule has 0 bridgehead atoms. The maximum absolute atomic E-state index is 12.6. The third kappa shape index (κ3) is 5.66. The summed E-state index contributed by atoms with van der Waals surface area (Å²) in [6.07, 6.45) is 7.87. The number of allylic oxidation sites excluding steroid dienone is 1. The van der Waals surface area contributed by atoms with Crippen molar-refractivity contribution in [3.8, 4) is 0 Å². The van der Waals surface area contributed by atoms with Crippen LogP contribution >= 0.6 is 0 Å². The zero-order chi connectivity index (χ0) is 15.0. The van der Waals surface area contributed by atoms with Crippen LogP contribution in [0.4, 0.5) is 0 Å². The molecular weight excluding hydrogens is 250 g/mol. The van der Waals surface area contributed by atoms with Crippen LogP contribution in [0, 0.1) is 5.92 Å². The molecule has 0 saturated carbocycles. The lowest BCUT2D eigenvalue weighted by molar-refractivity contribution is -0.145. The van der Waals surface area contributed by atoms with Crippen molar-refractivity contribution in [2.75, 3.05) is 13.2 Å². The van der Waals surface area contributed by atoms with Crippen LogP contribution in [0.25, 0.3) is 0 Å². The molecule has 3 heteroatoms. The second-order valence-corrected chi connectivity index (χ2v) is 6.30. The van der Waals surface area contributed by atoms with E-state index in [2.05, 4.69) is 27.4 Å². The minimum atomic E-state index is -0.251. The molecule has 0 N–H and O–H groups in total. The number of ether oxygens (including phenoxy) is 1. The van der Waals surface area contributed by atoms with Crippen LogP contribution in [0.1, 0.15) is 59.3 Å². The normalized spacial score (nSPS) is 20.4. The maximum atomic E-state index is 12.6. The molecule has 1 unspecified atom stereocenters. The second kappa shape index (κ2) is 9.17. The van der Waals surface area contributed by atoms with E-state index in [-0.39, 0.29) is 12.0 Å². The number of likely N-dealkylation sites (tertiary alicyclic amines) is 1. The first-order valence-corrected chi connectivity index (χ1v) is 8.09. The van der Waals surface area contributed by atoms with Gasteiger partial charge in [-0.25, -0.2) is 0 Å². The lowest BCUT2D eigenvalue weighted by Gasteiger charge is -2.28. The van der Waals surface area contributed by atoms with E-state index in [9.17, 15) is 4.79 Å². The molecule has 1 fully saturated rings. The van der Waals surface area contributed by atoms with Gasteiger partial charge in [0.05, 0.1) is 0 Å². The van der Waals surface area contributed by atoms with Crippen molar-refractivity contribution in [2.45, 2.75) is 71.4 Å². The highest BCUT2D eigenvalue weighted by atomic mass is 16.5. The molecular formula is C17H31NO2. The SMILES string of the molecule is C=CCCCCO[C@H](CC(C)C)C(=O)N1CCCC1C. The van der Waals surface area contributed by atoms with Crippen LogP contribution in [0.2, 0.25) is 0 Å². The Hall–Kier alpha value is -0.830. The Morgan fingerprint density at radius 1 is 1.45 bits per heavy atom. The summed E-state index contributed by atoms with van der Waals surface area (Å²) < 4.78 is 5.90. The van der Waals surface area contributed by atoms with E-state index in [1.807, 2.05) is 11.0 Å². The average Bonchev–Trinajstić information content (AvgIpc) is 2.82. The third-order valence-corrected chi connectivity index (χ3v) is 3.92. The maximum Gasteiger partial charge on any atom is 0.251 e. The van der Waals surface area contributed by atoms with Gasteiger partial charge in [-0.05, 0) is 51.4 Å². The summed E-state index contributed by atoms with van der Waals surface area (Å²) in [7, 11) is 0. The molecule has 0 aromatic rings. The molecule has 2 atom stereocenters. The van der Waals surface area contributed by atoms with Crippen LogP contribution < -0.4 is 0 Å². The molecule has 1 aliphatic heterocycles. The first-order valence-electron chi connectivity index (χ1n) is 8.09. The molecule has 20 heavy (non-hydrogen) atoms. The molecule has 116 valence electrons. The Labute approximate surface area is 124 Å². The molecule has 0 aromatic carbocycles. The van der Waals surface area contributed by atoms with Gasteiger partial charge < -0.3 is 9.64 Å². The van der Waals surface area contributed by atoms with E-state index in [1.54, 1.807) is 0 Å². The highest BCUT2D eigenvalue weighted by Gasteiger charge is 2.31. The Morgan fingerprint density at radius 3 is 2.75 bits per heavy atom. The zero-order valence-electron chi connectivity index (χ0n) is 13.4. The van der Waals surface area contributed by atoms with Gasteiger partial charge in [0.2, 0.25) is 0 Å². The standard InChI is InChI=1S/C17H31NO2/c1-5-6-7-8-12-20-16(13-14(2)3)17(19)18-11-9-10-15(18)4/h5,14-16H,1,6-13H2,2-4H3/t15?,16-/m1/s1. The quantitative estimate of drug-likeness (QED) is 0.475. The molecule has 1 aliphatic rings. The highest BCUT2D eigenvalue weighted by molar-refractivity contribution is 5.81. The van der Waals surface area contributed by atoms with Crippen molar-refractivity contribution >= 4 is 5.91 Å². The smallest absolute Gasteiger partial charge is 0.251 e. The number of hydrogen-bond acceptors (Lipinski definition) is 2. The summed E-state index contributed by atoms with van der Waals surface area (Å²) in [5, 5.41) is 0. The highest BCUT2D eigenvalue weighted by Crippen LogP contribution is 2.21. The van der Waals surface area contributed by atoms with Crippen molar-refractivity contribution in [1.82, 2.24) is 4.90 Å². The molecule has 3 nitrogen and oxygen atoms in total. The fourth-order valence-corrected chi connectivity index (χ4v) is 2.73. The van der Waals surface area contributed by atoms with Gasteiger partial charge in [0.1, 0.15) is 6.10 Å². The third-order valence-electron chi connectivity index (χ3n) is 3.92. The number of rotatable bonds is 9. The lowest BCUT2D eigenvalue weighted by atomic mass is 10.0. The Balaban J connectivity index is 2.45. The first kappa shape index (κ1) is 17.2. The van der Waals surface area contributed by atoms with Gasteiger partial charge >= 0.3 is 0 Å². The van der Waals surface area contributed by atoms with E-state index in [0.29, 0.717) is 18.6 Å². The largest absolute Gasteiger partial charge is 0.368 e. The molecule has 1 amide bonds. The summed E-state index contributed by atoms with van der Waals surface area (Å²) >= 11 is 0. The Morgan fingerprint density at radius 2 is 2.20 bits per heavy atom. The number of unbranched alkanes of at least 4 members (excludes halogenated alkanes) is 2. The minimum Gasteiger partial charge on any atom is -0.368 e. The number of amides is 1. The summed E-state index contributed by atoms with van der Waals surface area (Å²) in [5.41, 5.74) is 0. The Bertz CT molecular complexity index is 301. The minimum absolute atomic E-state index is 0.201. The van der Waals surface area contributed by atoms with E-state index in [1.165, 1.54) is 0 Å². The van der Waals surface area contributed by atoms with E-state index < -0.39 is 0 Å². The van der Waals surface area contributed by atoms with Gasteiger partial charge in [-0.15, -0.1) is 6.58 Å². The second-order valence-electron chi connectivity index (χ2n) is 6.30. The van der Waals surface area contributed by atoms with Gasteiger partial charge in [-0.2, -0.15) is 0 Å². The summed E-state index contributed by atoms with van der Waals surface area (Å²) in [6, 6.07) is 0.376. The van der Waals surface area contributed by atoms with Crippen LogP contribution in [-0.4, -0.2) is 36.1 Å². The number of carbonyl (C=O) groups excluding carboxylic acids is 1. The van der Waals surface area contributed by atoms with E-state index in [4.69, 9.17) is 4.74 Å². The van der Waals surface area contributed by atoms with Crippen molar-refractivity contribution in [1.29, 1.82) is 0 Å². The molecule has 1 heterocycles. The molecule has 1 rings (SSSR count). The van der Waals surface area contributed by atoms with Gasteiger partial charge in [0.25, 0.3) is 5.91 Å². The van der Waals surface area contributed by atoms with Crippen molar-refractivity contribution < 1.29 is 9.53 Å². The van der Waals surface area contributed by atoms with Gasteiger partial charge in [-0.3, -0.25) is 4.79 Å². The topological polar surface area (TPSA) is 29.5 Å². The van der Waals surface area contributed by atoms with E-state index >= 15 is 0 Å². The van der Waals surface area contributed by atoms with Crippen LogP contribution in [0.15, 0.2) is 12.7 Å². The lowest BCUT2D eigenvalue weighted by Crippen LogP contribution is -2.42. The average molecular weight is 281 g/mol. The van der Waals surface area contributed by atoms with Crippen molar-refractivity contribution in [3.05, 3.63) is 12.7 Å². The van der Waals surface area contributed by atoms with Crippen molar-refractivity contribution in [3.63, 3.8) is 0 Å². The van der Waals surface area contributed by atoms with Gasteiger partial charge in [0, 0.05) is 19.2 Å². The summed E-state index contributed by atoms with van der Waals surface area (Å²) in [6.45, 7) is 11.7. The fourth-order valence-electron chi connectivity index (χ4n) is 2.73. The number of hydrogen-bond donors (Lipinski definition) is 0. The predicted molar refractivity (Wildman–Crippen MR) is 83.7 cm³/mol. The van der Waals surface area contributed by atoms with E-state index in [0.717, 1.165) is 45.1 Å².